The van der Waals surface area contributed by atoms with Gasteiger partial charge in [-0.3, -0.25) is 4.79 Å². The Bertz CT molecular complexity index is 586. The molecular formula is C14H18O9. The Balaban J connectivity index is 2.33. The topological polar surface area (TPSA) is 157 Å². The molecule has 1 aromatic rings. The Kier molecular flexibility index (Phi) is 5.07. The molecule has 0 bridgehead atoms. The lowest BCUT2D eigenvalue weighted by atomic mass is 9.99. The molecular weight excluding hydrogens is 312 g/mol. The standard InChI is InChI=1S/C14H18O9/c1-5(16)10-7(18)2-6(17)3-8(10)22-14-13(21)12(20)11(19)9(4-15)23-14/h2-3,9,11-15,17-21H,4H2,1H3/t9-,11-,12+,13-,14+/m1/s1. The van der Waals surface area contributed by atoms with Crippen LogP contribution in [-0.2, 0) is 4.74 Å². The lowest BCUT2D eigenvalue weighted by molar-refractivity contribution is -0.277. The summed E-state index contributed by atoms with van der Waals surface area (Å²) in [6, 6.07) is 1.97. The molecule has 0 amide bonds. The van der Waals surface area contributed by atoms with E-state index in [9.17, 15) is 30.3 Å². The van der Waals surface area contributed by atoms with Crippen LogP contribution in [0.15, 0.2) is 12.1 Å². The second-order valence-electron chi connectivity index (χ2n) is 5.21. The molecule has 2 rings (SSSR count). The summed E-state index contributed by atoms with van der Waals surface area (Å²) < 4.78 is 10.4. The summed E-state index contributed by atoms with van der Waals surface area (Å²) in [5.41, 5.74) is -0.250. The molecule has 5 atom stereocenters. The highest BCUT2D eigenvalue weighted by atomic mass is 16.7. The molecule has 1 aliphatic rings. The Morgan fingerprint density at radius 3 is 2.39 bits per heavy atom. The van der Waals surface area contributed by atoms with E-state index in [1.165, 1.54) is 0 Å². The van der Waals surface area contributed by atoms with Crippen molar-refractivity contribution in [3.8, 4) is 17.2 Å². The summed E-state index contributed by atoms with van der Waals surface area (Å²) >= 11 is 0. The summed E-state index contributed by atoms with van der Waals surface area (Å²) in [6.07, 6.45) is -7.62. The highest BCUT2D eigenvalue weighted by Crippen LogP contribution is 2.35. The van der Waals surface area contributed by atoms with Crippen LogP contribution in [-0.4, -0.2) is 73.7 Å². The predicted molar refractivity (Wildman–Crippen MR) is 74.2 cm³/mol. The number of hydrogen-bond acceptors (Lipinski definition) is 9. The van der Waals surface area contributed by atoms with Crippen molar-refractivity contribution in [2.75, 3.05) is 6.61 Å². The molecule has 0 aliphatic carbocycles. The Morgan fingerprint density at radius 1 is 1.17 bits per heavy atom. The number of ketones is 1. The van der Waals surface area contributed by atoms with Crippen LogP contribution in [0.3, 0.4) is 0 Å². The van der Waals surface area contributed by atoms with Gasteiger partial charge in [-0.1, -0.05) is 0 Å². The number of Topliss-reactive ketones (excluding diaryl/α,β-unsaturated/α-hetero) is 1. The van der Waals surface area contributed by atoms with Crippen molar-refractivity contribution in [1.29, 1.82) is 0 Å². The maximum atomic E-state index is 11.6. The molecule has 1 fully saturated rings. The minimum Gasteiger partial charge on any atom is -0.508 e. The second-order valence-corrected chi connectivity index (χ2v) is 5.21. The van der Waals surface area contributed by atoms with Crippen LogP contribution in [0.25, 0.3) is 0 Å². The third kappa shape index (κ3) is 3.38. The molecule has 6 N–H and O–H groups in total. The van der Waals surface area contributed by atoms with Crippen LogP contribution in [0.5, 0.6) is 17.2 Å². The quantitative estimate of drug-likeness (QED) is 0.361. The fourth-order valence-electron chi connectivity index (χ4n) is 2.32. The molecule has 128 valence electrons. The Labute approximate surface area is 130 Å². The maximum absolute atomic E-state index is 11.6. The van der Waals surface area contributed by atoms with Gasteiger partial charge in [0.1, 0.15) is 47.2 Å². The van der Waals surface area contributed by atoms with E-state index in [0.717, 1.165) is 19.1 Å². The fraction of sp³-hybridized carbons (Fsp3) is 0.500. The first-order valence-corrected chi connectivity index (χ1v) is 6.80. The number of aromatic hydroxyl groups is 2. The smallest absolute Gasteiger partial charge is 0.229 e. The molecule has 0 spiro atoms. The molecule has 9 nitrogen and oxygen atoms in total. The first-order valence-electron chi connectivity index (χ1n) is 6.80. The molecule has 0 unspecified atom stereocenters. The largest absolute Gasteiger partial charge is 0.508 e. The van der Waals surface area contributed by atoms with Crippen molar-refractivity contribution in [1.82, 2.24) is 0 Å². The first-order chi connectivity index (χ1) is 10.8. The van der Waals surface area contributed by atoms with Gasteiger partial charge in [0.15, 0.2) is 5.78 Å². The zero-order chi connectivity index (χ0) is 17.3. The van der Waals surface area contributed by atoms with Crippen molar-refractivity contribution >= 4 is 5.78 Å². The minimum absolute atomic E-state index is 0.250. The van der Waals surface area contributed by atoms with Gasteiger partial charge in [0, 0.05) is 12.1 Å². The zero-order valence-electron chi connectivity index (χ0n) is 12.2. The van der Waals surface area contributed by atoms with Gasteiger partial charge in [-0.15, -0.1) is 0 Å². The number of aliphatic hydroxyl groups excluding tert-OH is 4. The molecule has 0 saturated carbocycles. The van der Waals surface area contributed by atoms with E-state index in [1.807, 2.05) is 0 Å². The monoisotopic (exact) mass is 330 g/mol. The van der Waals surface area contributed by atoms with Crippen LogP contribution in [0.1, 0.15) is 17.3 Å². The van der Waals surface area contributed by atoms with Crippen molar-refractivity contribution in [3.05, 3.63) is 17.7 Å². The van der Waals surface area contributed by atoms with E-state index in [1.54, 1.807) is 0 Å². The number of ether oxygens (including phenoxy) is 2. The van der Waals surface area contributed by atoms with Gasteiger partial charge in [0.2, 0.25) is 6.29 Å². The third-order valence-corrected chi connectivity index (χ3v) is 3.51. The molecule has 1 aliphatic heterocycles. The number of aliphatic hydroxyl groups is 4. The fourth-order valence-corrected chi connectivity index (χ4v) is 2.32. The van der Waals surface area contributed by atoms with E-state index in [4.69, 9.17) is 14.6 Å². The third-order valence-electron chi connectivity index (χ3n) is 3.51. The van der Waals surface area contributed by atoms with Crippen molar-refractivity contribution < 1.29 is 44.9 Å². The van der Waals surface area contributed by atoms with Crippen LogP contribution < -0.4 is 4.74 Å². The average molecular weight is 330 g/mol. The number of phenols is 2. The summed E-state index contributed by atoms with van der Waals surface area (Å²) in [6.45, 7) is 0.516. The SMILES string of the molecule is CC(=O)c1c(O)cc(O)cc1O[C@H]1O[C@H](CO)[C@@H](O)[C@H](O)[C@H]1O. The van der Waals surface area contributed by atoms with Crippen LogP contribution in [0.2, 0.25) is 0 Å². The van der Waals surface area contributed by atoms with Crippen LogP contribution >= 0.6 is 0 Å². The van der Waals surface area contributed by atoms with E-state index < -0.39 is 54.6 Å². The van der Waals surface area contributed by atoms with Gasteiger partial charge < -0.3 is 40.1 Å². The van der Waals surface area contributed by atoms with Crippen molar-refractivity contribution in [3.63, 3.8) is 0 Å². The number of benzene rings is 1. The number of rotatable bonds is 4. The zero-order valence-corrected chi connectivity index (χ0v) is 12.2. The Morgan fingerprint density at radius 2 is 1.83 bits per heavy atom. The molecule has 0 aromatic heterocycles. The molecule has 9 heteroatoms. The second kappa shape index (κ2) is 6.69. The predicted octanol–water partition coefficient (Wildman–Crippen LogP) is -1.52. The van der Waals surface area contributed by atoms with E-state index in [-0.39, 0.29) is 11.3 Å². The summed E-state index contributed by atoms with van der Waals surface area (Å²) in [7, 11) is 0. The molecule has 1 heterocycles. The van der Waals surface area contributed by atoms with Gasteiger partial charge >= 0.3 is 0 Å². The Hall–Kier alpha value is -1.91. The summed E-state index contributed by atoms with van der Waals surface area (Å²) in [5, 5.41) is 57.6. The van der Waals surface area contributed by atoms with Gasteiger partial charge in [-0.25, -0.2) is 0 Å². The molecule has 0 radical (unpaired) electrons. The van der Waals surface area contributed by atoms with Crippen LogP contribution in [0, 0.1) is 0 Å². The van der Waals surface area contributed by atoms with Crippen molar-refractivity contribution in [2.24, 2.45) is 0 Å². The summed E-state index contributed by atoms with van der Waals surface area (Å²) in [5.74, 6) is -1.77. The lowest BCUT2D eigenvalue weighted by Crippen LogP contribution is -2.60. The highest BCUT2D eigenvalue weighted by Gasteiger charge is 2.45. The van der Waals surface area contributed by atoms with Gasteiger partial charge in [-0.2, -0.15) is 0 Å². The van der Waals surface area contributed by atoms with Gasteiger partial charge in [0.25, 0.3) is 0 Å². The van der Waals surface area contributed by atoms with Gasteiger partial charge in [0.05, 0.1) is 6.61 Å². The minimum atomic E-state index is -1.68. The number of hydrogen-bond donors (Lipinski definition) is 6. The molecule has 1 aromatic carbocycles. The normalized spacial score (nSPS) is 30.9. The molecule has 23 heavy (non-hydrogen) atoms. The number of carbonyl (C=O) groups excluding carboxylic acids is 1. The van der Waals surface area contributed by atoms with E-state index in [2.05, 4.69) is 0 Å². The highest BCUT2D eigenvalue weighted by molar-refractivity contribution is 5.99. The first kappa shape index (κ1) is 17.4. The average Bonchev–Trinajstić information content (AvgIpc) is 2.46. The number of carbonyl (C=O) groups is 1. The van der Waals surface area contributed by atoms with Crippen molar-refractivity contribution in [2.45, 2.75) is 37.6 Å². The number of phenolic OH excluding ortho intramolecular Hbond substituents is 2. The maximum Gasteiger partial charge on any atom is 0.229 e. The van der Waals surface area contributed by atoms with E-state index >= 15 is 0 Å². The molecule has 1 saturated heterocycles. The van der Waals surface area contributed by atoms with Gasteiger partial charge in [-0.05, 0) is 6.92 Å². The lowest BCUT2D eigenvalue weighted by Gasteiger charge is -2.39. The summed E-state index contributed by atoms with van der Waals surface area (Å²) in [4.78, 5) is 11.6. The van der Waals surface area contributed by atoms with E-state index in [0.29, 0.717) is 0 Å². The van der Waals surface area contributed by atoms with Crippen LogP contribution in [0.4, 0.5) is 0 Å².